The van der Waals surface area contributed by atoms with E-state index in [0.29, 0.717) is 27.8 Å². The second-order valence-corrected chi connectivity index (χ2v) is 8.47. The number of fused-ring (bicyclic) bond motifs is 1. The normalized spacial score (nSPS) is 15.4. The van der Waals surface area contributed by atoms with Crippen LogP contribution in [0.15, 0.2) is 40.1 Å². The highest BCUT2D eigenvalue weighted by Gasteiger charge is 2.35. The number of pyridine rings is 1. The van der Waals surface area contributed by atoms with Crippen molar-refractivity contribution in [2.24, 2.45) is 5.73 Å². The first-order valence-electron chi connectivity index (χ1n) is 8.72. The van der Waals surface area contributed by atoms with Crippen LogP contribution in [0, 0.1) is 36.5 Å². The van der Waals surface area contributed by atoms with E-state index in [4.69, 9.17) is 10.5 Å². The van der Waals surface area contributed by atoms with Crippen LogP contribution in [-0.2, 0) is 5.75 Å². The molecule has 0 radical (unpaired) electrons. The van der Waals surface area contributed by atoms with E-state index in [1.807, 2.05) is 37.4 Å². The van der Waals surface area contributed by atoms with Gasteiger partial charge in [0.25, 0.3) is 0 Å². The lowest BCUT2D eigenvalue weighted by molar-refractivity contribution is 0.379. The summed E-state index contributed by atoms with van der Waals surface area (Å²) in [6.45, 7) is 3.81. The van der Waals surface area contributed by atoms with Gasteiger partial charge in [0.05, 0.1) is 22.7 Å². The molecular weight excluding hydrogens is 404 g/mol. The van der Waals surface area contributed by atoms with E-state index in [-0.39, 0.29) is 11.8 Å². The van der Waals surface area contributed by atoms with E-state index < -0.39 is 0 Å². The monoisotopic (exact) mass is 420 g/mol. The zero-order valence-electron chi connectivity index (χ0n) is 15.7. The molecule has 0 saturated carbocycles. The van der Waals surface area contributed by atoms with Gasteiger partial charge in [0.1, 0.15) is 22.7 Å². The van der Waals surface area contributed by atoms with E-state index in [2.05, 4.69) is 27.3 Å². The van der Waals surface area contributed by atoms with Crippen molar-refractivity contribution in [1.29, 1.82) is 10.5 Å². The molecule has 0 fully saturated rings. The van der Waals surface area contributed by atoms with Crippen LogP contribution in [0.5, 0.6) is 5.88 Å². The molecule has 1 atom stereocenters. The molecule has 9 heteroatoms. The highest BCUT2D eigenvalue weighted by molar-refractivity contribution is 7.98. The van der Waals surface area contributed by atoms with Gasteiger partial charge in [0.2, 0.25) is 11.8 Å². The Balaban J connectivity index is 1.72. The molecule has 0 amide bonds. The van der Waals surface area contributed by atoms with Crippen molar-refractivity contribution in [2.45, 2.75) is 30.5 Å². The fourth-order valence-electron chi connectivity index (χ4n) is 3.34. The fourth-order valence-corrected chi connectivity index (χ4v) is 5.25. The largest absolute Gasteiger partial charge is 0.420 e. The van der Waals surface area contributed by atoms with Crippen molar-refractivity contribution in [2.75, 3.05) is 0 Å². The van der Waals surface area contributed by atoms with Gasteiger partial charge in [-0.1, -0.05) is 17.8 Å². The summed E-state index contributed by atoms with van der Waals surface area (Å²) in [6, 6.07) is 10.2. The molecule has 1 aliphatic heterocycles. The van der Waals surface area contributed by atoms with E-state index >= 15 is 0 Å². The highest BCUT2D eigenvalue weighted by Crippen LogP contribution is 2.45. The molecule has 7 nitrogen and oxygen atoms in total. The minimum atomic E-state index is -0.333. The minimum Gasteiger partial charge on any atom is -0.420 e. The van der Waals surface area contributed by atoms with Crippen molar-refractivity contribution < 1.29 is 4.74 Å². The summed E-state index contributed by atoms with van der Waals surface area (Å²) in [4.78, 5) is 5.51. The van der Waals surface area contributed by atoms with Gasteiger partial charge in [-0.2, -0.15) is 10.5 Å². The van der Waals surface area contributed by atoms with Gasteiger partial charge in [0.15, 0.2) is 0 Å². The first kappa shape index (κ1) is 19.1. The number of rotatable bonds is 4. The number of aromatic nitrogens is 3. The summed E-state index contributed by atoms with van der Waals surface area (Å²) < 4.78 is 5.60. The Bertz CT molecular complexity index is 1200. The summed E-state index contributed by atoms with van der Waals surface area (Å²) in [7, 11) is 0. The molecule has 144 valence electrons. The number of aromatic amines is 1. The summed E-state index contributed by atoms with van der Waals surface area (Å²) in [6.07, 6.45) is 0. The number of allylic oxidation sites excluding steroid dienone is 1. The molecule has 4 rings (SSSR count). The highest BCUT2D eigenvalue weighted by atomic mass is 32.2. The van der Waals surface area contributed by atoms with Crippen LogP contribution < -0.4 is 10.5 Å². The van der Waals surface area contributed by atoms with Gasteiger partial charge < -0.3 is 10.5 Å². The molecule has 3 aromatic rings. The summed E-state index contributed by atoms with van der Waals surface area (Å²) in [5, 5.41) is 29.1. The average Bonchev–Trinajstić information content (AvgIpc) is 3.35. The molecular formula is C20H16N6OS2. The maximum absolute atomic E-state index is 9.68. The van der Waals surface area contributed by atoms with Crippen molar-refractivity contribution in [3.63, 3.8) is 0 Å². The Morgan fingerprint density at radius 2 is 2.17 bits per heavy atom. The Labute approximate surface area is 175 Å². The topological polar surface area (TPSA) is 124 Å². The van der Waals surface area contributed by atoms with E-state index in [1.54, 1.807) is 11.3 Å². The molecule has 0 saturated heterocycles. The molecule has 4 heterocycles. The number of nitrogens with zero attached hydrogens (tertiary/aromatic N) is 4. The predicted octanol–water partition coefficient (Wildman–Crippen LogP) is 3.87. The number of hydrogen-bond acceptors (Lipinski definition) is 8. The molecule has 29 heavy (non-hydrogen) atoms. The number of nitrogens with one attached hydrogen (secondary N) is 1. The summed E-state index contributed by atoms with van der Waals surface area (Å²) >= 11 is 3.00. The number of nitrogens with two attached hydrogens (primary N) is 1. The van der Waals surface area contributed by atoms with E-state index in [1.165, 1.54) is 11.8 Å². The maximum atomic E-state index is 9.68. The van der Waals surface area contributed by atoms with E-state index in [0.717, 1.165) is 27.4 Å². The van der Waals surface area contributed by atoms with Gasteiger partial charge >= 0.3 is 0 Å². The first-order valence-corrected chi connectivity index (χ1v) is 10.6. The molecule has 0 unspecified atom stereocenters. The predicted molar refractivity (Wildman–Crippen MR) is 110 cm³/mol. The average molecular weight is 421 g/mol. The smallest absolute Gasteiger partial charge is 0.244 e. The molecule has 0 bridgehead atoms. The van der Waals surface area contributed by atoms with Crippen molar-refractivity contribution in [1.82, 2.24) is 15.2 Å². The number of nitriles is 2. The molecule has 3 aromatic heterocycles. The van der Waals surface area contributed by atoms with Gasteiger partial charge in [-0.05, 0) is 36.9 Å². The van der Waals surface area contributed by atoms with Crippen LogP contribution in [0.2, 0.25) is 0 Å². The first-order chi connectivity index (χ1) is 14.0. The Morgan fingerprint density at radius 1 is 1.34 bits per heavy atom. The molecule has 3 N–H and O–H groups in total. The number of thioether (sulfide) groups is 1. The third-order valence-electron chi connectivity index (χ3n) is 4.62. The quantitative estimate of drug-likeness (QED) is 0.614. The lowest BCUT2D eigenvalue weighted by Crippen LogP contribution is -2.20. The van der Waals surface area contributed by atoms with Crippen molar-refractivity contribution in [3.05, 3.63) is 68.0 Å². The molecule has 0 aliphatic carbocycles. The van der Waals surface area contributed by atoms with Crippen molar-refractivity contribution in [3.8, 4) is 18.0 Å². The second kappa shape index (κ2) is 7.63. The lowest BCUT2D eigenvalue weighted by atomic mass is 9.89. The van der Waals surface area contributed by atoms with Crippen LogP contribution in [0.3, 0.4) is 0 Å². The van der Waals surface area contributed by atoms with Gasteiger partial charge in [-0.15, -0.1) is 16.4 Å². The Morgan fingerprint density at radius 3 is 2.86 bits per heavy atom. The lowest BCUT2D eigenvalue weighted by Gasteiger charge is -2.22. The number of ether oxygens (including phenoxy) is 1. The van der Waals surface area contributed by atoms with Gasteiger partial charge in [-0.25, -0.2) is 4.98 Å². The van der Waals surface area contributed by atoms with E-state index in [9.17, 15) is 10.5 Å². The number of thiophene rings is 1. The minimum absolute atomic E-state index is 0.0758. The van der Waals surface area contributed by atoms with Crippen LogP contribution >= 0.6 is 23.1 Å². The molecule has 1 aliphatic rings. The van der Waals surface area contributed by atoms with Crippen LogP contribution in [-0.4, -0.2) is 15.2 Å². The van der Waals surface area contributed by atoms with Crippen LogP contribution in [0.25, 0.3) is 0 Å². The van der Waals surface area contributed by atoms with Gasteiger partial charge in [0, 0.05) is 16.3 Å². The summed E-state index contributed by atoms with van der Waals surface area (Å²) in [5.74, 6) is 0.619. The number of hydrogen-bond donors (Lipinski definition) is 2. The SMILES string of the molecule is Cc1cc(C)c(C#N)c(SCc2[nH]nc3c2[C@H](c2cccs2)C(C#N)=C(N)O3)n1. The zero-order valence-corrected chi connectivity index (χ0v) is 17.3. The fraction of sp³-hybridized carbons (Fsp3) is 0.200. The third-order valence-corrected chi connectivity index (χ3v) is 6.56. The maximum Gasteiger partial charge on any atom is 0.244 e. The number of H-pyrrole nitrogens is 1. The standard InChI is InChI=1S/C20H16N6OS2/c1-10-6-11(2)24-20(12(10)7-21)29-9-14-17-16(15-4-3-5-28-15)13(8-22)18(23)27-19(17)26-25-14/h3-6,16H,9,23H2,1-2H3,(H,25,26)/t16-/m0/s1. The Kier molecular flexibility index (Phi) is 5.01. The second-order valence-electron chi connectivity index (χ2n) is 6.52. The van der Waals surface area contributed by atoms with Crippen molar-refractivity contribution >= 4 is 23.1 Å². The van der Waals surface area contributed by atoms with Gasteiger partial charge in [-0.3, -0.25) is 5.10 Å². The summed E-state index contributed by atoms with van der Waals surface area (Å²) in [5.41, 5.74) is 10.3. The number of aryl methyl sites for hydroxylation is 2. The van der Waals surface area contributed by atoms with Crippen LogP contribution in [0.4, 0.5) is 0 Å². The Hall–Kier alpha value is -3.27. The molecule has 0 aromatic carbocycles. The van der Waals surface area contributed by atoms with Crippen LogP contribution in [0.1, 0.15) is 38.9 Å². The zero-order chi connectivity index (χ0) is 20.5. The third kappa shape index (κ3) is 3.35. The molecule has 0 spiro atoms.